The number of fused-ring (bicyclic) bond motifs is 1. The number of hydrogen-bond donors (Lipinski definition) is 0. The van der Waals surface area contributed by atoms with Gasteiger partial charge in [-0.05, 0) is 30.4 Å². The van der Waals surface area contributed by atoms with Crippen molar-refractivity contribution in [3.63, 3.8) is 0 Å². The van der Waals surface area contributed by atoms with E-state index >= 15 is 0 Å². The van der Waals surface area contributed by atoms with Gasteiger partial charge in [-0.3, -0.25) is 4.79 Å². The van der Waals surface area contributed by atoms with Gasteiger partial charge in [-0.25, -0.2) is 0 Å². The summed E-state index contributed by atoms with van der Waals surface area (Å²) in [7, 11) is -0.293. The Hall–Kier alpha value is -1.44. The van der Waals surface area contributed by atoms with Crippen LogP contribution in [0, 0.1) is 5.92 Å². The molecule has 0 unspecified atom stereocenters. The molecule has 1 aromatic rings. The van der Waals surface area contributed by atoms with Crippen molar-refractivity contribution >= 4 is 16.1 Å². The molecule has 0 aliphatic carbocycles. The molecule has 0 aromatic heterocycles. The van der Waals surface area contributed by atoms with Crippen molar-refractivity contribution in [1.29, 1.82) is 0 Å². The lowest BCUT2D eigenvalue weighted by molar-refractivity contribution is -0.137. The summed E-state index contributed by atoms with van der Waals surface area (Å²) < 4.78 is 27.0. The number of benzene rings is 1. The Morgan fingerprint density at radius 2 is 1.71 bits per heavy atom. The van der Waals surface area contributed by atoms with Gasteiger partial charge in [0.05, 0.1) is 0 Å². The third kappa shape index (κ3) is 3.34. The summed E-state index contributed by atoms with van der Waals surface area (Å²) in [5, 5.41) is 0. The van der Waals surface area contributed by atoms with Crippen molar-refractivity contribution in [2.45, 2.75) is 25.8 Å². The minimum atomic E-state index is -3.37. The molecule has 1 amide bonds. The lowest BCUT2D eigenvalue weighted by Crippen LogP contribution is -2.48. The molecule has 7 heteroatoms. The molecule has 0 saturated carbocycles. The molecule has 24 heavy (non-hydrogen) atoms. The maximum atomic E-state index is 12.8. The van der Waals surface area contributed by atoms with Crippen molar-refractivity contribution in [2.75, 3.05) is 33.7 Å². The number of nitrogens with zero attached hydrogens (tertiary/aromatic N) is 3. The summed E-state index contributed by atoms with van der Waals surface area (Å²) in [4.78, 5) is 14.7. The lowest BCUT2D eigenvalue weighted by Gasteiger charge is -2.36. The first kappa shape index (κ1) is 17.4. The Kier molecular flexibility index (Phi) is 4.94. The molecular formula is C17H25N3O3S. The molecule has 2 aliphatic heterocycles. The number of amides is 1. The van der Waals surface area contributed by atoms with Crippen LogP contribution in [0.3, 0.4) is 0 Å². The predicted molar refractivity (Wildman–Crippen MR) is 92.5 cm³/mol. The third-order valence-corrected chi connectivity index (χ3v) is 6.97. The summed E-state index contributed by atoms with van der Waals surface area (Å²) >= 11 is 0. The average Bonchev–Trinajstić information content (AvgIpc) is 2.60. The molecule has 2 aliphatic rings. The molecule has 2 heterocycles. The fourth-order valence-electron chi connectivity index (χ4n) is 3.51. The fourth-order valence-corrected chi connectivity index (χ4v) is 4.64. The quantitative estimate of drug-likeness (QED) is 0.819. The van der Waals surface area contributed by atoms with Crippen LogP contribution in [0.4, 0.5) is 0 Å². The van der Waals surface area contributed by atoms with Gasteiger partial charge < -0.3 is 4.90 Å². The molecule has 1 saturated heterocycles. The first-order valence-corrected chi connectivity index (χ1v) is 9.82. The average molecular weight is 351 g/mol. The zero-order chi connectivity index (χ0) is 17.3. The van der Waals surface area contributed by atoms with Gasteiger partial charge in [-0.15, -0.1) is 0 Å². The van der Waals surface area contributed by atoms with Gasteiger partial charge in [0.25, 0.3) is 10.2 Å². The van der Waals surface area contributed by atoms with Gasteiger partial charge in [0.2, 0.25) is 5.91 Å². The number of hydrogen-bond acceptors (Lipinski definition) is 3. The molecule has 0 N–H and O–H groups in total. The summed E-state index contributed by atoms with van der Waals surface area (Å²) in [5.41, 5.74) is 2.55. The summed E-state index contributed by atoms with van der Waals surface area (Å²) in [6.07, 6.45) is 2.10. The van der Waals surface area contributed by atoms with Crippen molar-refractivity contribution in [1.82, 2.24) is 13.5 Å². The van der Waals surface area contributed by atoms with Crippen LogP contribution in [0.25, 0.3) is 0 Å². The van der Waals surface area contributed by atoms with Crippen molar-refractivity contribution in [3.05, 3.63) is 35.4 Å². The largest absolute Gasteiger partial charge is 0.338 e. The molecule has 0 spiro atoms. The monoisotopic (exact) mass is 351 g/mol. The maximum Gasteiger partial charge on any atom is 0.281 e. The van der Waals surface area contributed by atoms with E-state index < -0.39 is 10.2 Å². The number of piperidine rings is 1. The lowest BCUT2D eigenvalue weighted by atomic mass is 9.94. The van der Waals surface area contributed by atoms with Gasteiger partial charge in [-0.2, -0.15) is 17.0 Å². The Labute approximate surface area is 144 Å². The standard InChI is InChI=1S/C17H25N3O3S/c1-18(2)24(22,23)20-11-8-15(9-12-20)17(21)19-10-7-14-5-3-4-6-16(14)13-19/h3-6,15H,7-13H2,1-2H3. The van der Waals surface area contributed by atoms with E-state index in [2.05, 4.69) is 12.1 Å². The van der Waals surface area contributed by atoms with E-state index in [1.54, 1.807) is 0 Å². The molecule has 132 valence electrons. The first-order valence-electron chi connectivity index (χ1n) is 8.43. The number of carbonyl (C=O) groups excluding carboxylic acids is 1. The predicted octanol–water partition coefficient (Wildman–Crippen LogP) is 1.09. The molecule has 6 nitrogen and oxygen atoms in total. The number of rotatable bonds is 3. The van der Waals surface area contributed by atoms with Crippen molar-refractivity contribution in [2.24, 2.45) is 5.92 Å². The van der Waals surface area contributed by atoms with Gasteiger partial charge >= 0.3 is 0 Å². The Morgan fingerprint density at radius 1 is 1.08 bits per heavy atom. The van der Waals surface area contributed by atoms with Gasteiger partial charge in [0.15, 0.2) is 0 Å². The highest BCUT2D eigenvalue weighted by Crippen LogP contribution is 2.25. The zero-order valence-electron chi connectivity index (χ0n) is 14.3. The van der Waals surface area contributed by atoms with Crippen LogP contribution < -0.4 is 0 Å². The van der Waals surface area contributed by atoms with E-state index in [1.165, 1.54) is 33.8 Å². The topological polar surface area (TPSA) is 60.9 Å². The van der Waals surface area contributed by atoms with Crippen LogP contribution in [0.1, 0.15) is 24.0 Å². The maximum absolute atomic E-state index is 12.8. The van der Waals surface area contributed by atoms with E-state index in [9.17, 15) is 13.2 Å². The van der Waals surface area contributed by atoms with Crippen molar-refractivity contribution < 1.29 is 13.2 Å². The van der Waals surface area contributed by atoms with Crippen LogP contribution in [-0.4, -0.2) is 61.6 Å². The molecule has 3 rings (SSSR count). The highest BCUT2D eigenvalue weighted by atomic mass is 32.2. The Balaban J connectivity index is 1.60. The first-order chi connectivity index (χ1) is 11.4. The Bertz CT molecular complexity index is 710. The molecule has 0 bridgehead atoms. The summed E-state index contributed by atoms with van der Waals surface area (Å²) in [6, 6.07) is 8.26. The van der Waals surface area contributed by atoms with Crippen LogP contribution in [0.5, 0.6) is 0 Å². The van der Waals surface area contributed by atoms with E-state index in [1.807, 2.05) is 17.0 Å². The highest BCUT2D eigenvalue weighted by molar-refractivity contribution is 7.86. The van der Waals surface area contributed by atoms with E-state index in [0.29, 0.717) is 32.5 Å². The number of carbonyl (C=O) groups is 1. The Morgan fingerprint density at radius 3 is 2.33 bits per heavy atom. The van der Waals surface area contributed by atoms with E-state index in [4.69, 9.17) is 0 Å². The van der Waals surface area contributed by atoms with E-state index in [-0.39, 0.29) is 11.8 Å². The molecule has 1 fully saturated rings. The molecule has 0 atom stereocenters. The second-order valence-corrected chi connectivity index (χ2v) is 8.88. The summed E-state index contributed by atoms with van der Waals surface area (Å²) in [6.45, 7) is 2.26. The minimum Gasteiger partial charge on any atom is -0.338 e. The van der Waals surface area contributed by atoms with Crippen molar-refractivity contribution in [3.8, 4) is 0 Å². The van der Waals surface area contributed by atoms with Gasteiger partial charge in [-0.1, -0.05) is 24.3 Å². The molecular weight excluding hydrogens is 326 g/mol. The second-order valence-electron chi connectivity index (χ2n) is 6.74. The third-order valence-electron chi connectivity index (χ3n) is 5.03. The van der Waals surface area contributed by atoms with Crippen LogP contribution in [-0.2, 0) is 28.0 Å². The molecule has 1 aromatic carbocycles. The normalized spacial score (nSPS) is 20.2. The SMILES string of the molecule is CN(C)S(=O)(=O)N1CCC(C(=O)N2CCc3ccccc3C2)CC1. The zero-order valence-corrected chi connectivity index (χ0v) is 15.1. The highest BCUT2D eigenvalue weighted by Gasteiger charge is 2.34. The van der Waals surface area contributed by atoms with Gasteiger partial charge in [0.1, 0.15) is 0 Å². The van der Waals surface area contributed by atoms with Crippen LogP contribution >= 0.6 is 0 Å². The fraction of sp³-hybridized carbons (Fsp3) is 0.588. The van der Waals surface area contributed by atoms with E-state index in [0.717, 1.165) is 13.0 Å². The smallest absolute Gasteiger partial charge is 0.281 e. The minimum absolute atomic E-state index is 0.0659. The van der Waals surface area contributed by atoms with Crippen LogP contribution in [0.2, 0.25) is 0 Å². The van der Waals surface area contributed by atoms with Crippen LogP contribution in [0.15, 0.2) is 24.3 Å². The second kappa shape index (κ2) is 6.82. The molecule has 0 radical (unpaired) electrons. The summed E-state index contributed by atoms with van der Waals surface area (Å²) in [5.74, 6) is 0.107. The van der Waals surface area contributed by atoms with Gasteiger partial charge in [0, 0.05) is 46.2 Å².